The van der Waals surface area contributed by atoms with Gasteiger partial charge < -0.3 is 4.74 Å². The first kappa shape index (κ1) is 16.4. The predicted octanol–water partition coefficient (Wildman–Crippen LogP) is 3.76. The minimum absolute atomic E-state index is 0.118. The van der Waals surface area contributed by atoms with Gasteiger partial charge in [-0.3, -0.25) is 4.79 Å². The number of nitrogens with zero attached hydrogens (tertiary/aromatic N) is 1. The van der Waals surface area contributed by atoms with Gasteiger partial charge in [0, 0.05) is 12.8 Å². The van der Waals surface area contributed by atoms with E-state index in [1.54, 1.807) is 45.0 Å². The standard InChI is InChI=1S/C17H19F2NO2/c1-15(2,3)22-14(21)8-12-4-6-13(7-5-12)16(11-20)9-17(18,19)10-16/h4-7H,8-10H2,1-3H3. The van der Waals surface area contributed by atoms with Crippen LogP contribution in [-0.4, -0.2) is 17.5 Å². The number of rotatable bonds is 3. The molecule has 0 saturated heterocycles. The van der Waals surface area contributed by atoms with Crippen molar-refractivity contribution in [2.24, 2.45) is 0 Å². The topological polar surface area (TPSA) is 50.1 Å². The van der Waals surface area contributed by atoms with Crippen molar-refractivity contribution in [2.45, 2.75) is 57.0 Å². The number of carbonyl (C=O) groups is 1. The molecule has 0 aliphatic heterocycles. The average Bonchev–Trinajstić information content (AvgIpc) is 2.34. The first-order chi connectivity index (χ1) is 10.1. The normalized spacial score (nSPS) is 18.9. The summed E-state index contributed by atoms with van der Waals surface area (Å²) in [5.74, 6) is -3.10. The van der Waals surface area contributed by atoms with E-state index in [1.807, 2.05) is 6.07 Å². The fourth-order valence-electron chi connectivity index (χ4n) is 2.66. The Balaban J connectivity index is 2.05. The first-order valence-corrected chi connectivity index (χ1v) is 7.16. The van der Waals surface area contributed by atoms with Crippen molar-refractivity contribution >= 4 is 5.97 Å². The molecular weight excluding hydrogens is 288 g/mol. The van der Waals surface area contributed by atoms with Gasteiger partial charge in [0.2, 0.25) is 0 Å². The highest BCUT2D eigenvalue weighted by Crippen LogP contribution is 2.52. The Morgan fingerprint density at radius 1 is 1.27 bits per heavy atom. The Kier molecular flexibility index (Phi) is 3.99. The number of ether oxygens (including phenoxy) is 1. The van der Waals surface area contributed by atoms with Crippen LogP contribution in [0.2, 0.25) is 0 Å². The quantitative estimate of drug-likeness (QED) is 0.799. The summed E-state index contributed by atoms with van der Waals surface area (Å²) in [6.45, 7) is 5.38. The molecule has 0 aromatic heterocycles. The lowest BCUT2D eigenvalue weighted by Gasteiger charge is -2.42. The number of hydrogen-bond donors (Lipinski definition) is 0. The summed E-state index contributed by atoms with van der Waals surface area (Å²) < 4.78 is 31.4. The molecule has 1 aliphatic carbocycles. The van der Waals surface area contributed by atoms with E-state index in [2.05, 4.69) is 0 Å². The lowest BCUT2D eigenvalue weighted by molar-refractivity contribution is -0.153. The van der Waals surface area contributed by atoms with Gasteiger partial charge in [0.05, 0.1) is 17.9 Å². The molecule has 22 heavy (non-hydrogen) atoms. The molecule has 5 heteroatoms. The van der Waals surface area contributed by atoms with E-state index in [9.17, 15) is 18.8 Å². The molecule has 0 unspecified atom stereocenters. The summed E-state index contributed by atoms with van der Waals surface area (Å²) in [7, 11) is 0. The largest absolute Gasteiger partial charge is 0.460 e. The summed E-state index contributed by atoms with van der Waals surface area (Å²) in [5.41, 5.74) is -0.334. The second-order valence-corrected chi connectivity index (χ2v) is 6.86. The lowest BCUT2D eigenvalue weighted by atomic mass is 9.63. The third kappa shape index (κ3) is 3.62. The van der Waals surface area contributed by atoms with Crippen LogP contribution in [0.3, 0.4) is 0 Å². The molecule has 0 N–H and O–H groups in total. The number of carbonyl (C=O) groups excluding carboxylic acids is 1. The number of benzene rings is 1. The van der Waals surface area contributed by atoms with Gasteiger partial charge >= 0.3 is 5.97 Å². The van der Waals surface area contributed by atoms with Gasteiger partial charge in [-0.15, -0.1) is 0 Å². The van der Waals surface area contributed by atoms with Crippen LogP contribution >= 0.6 is 0 Å². The number of alkyl halides is 2. The Bertz CT molecular complexity index is 601. The molecule has 1 aliphatic rings. The molecule has 1 aromatic rings. The van der Waals surface area contributed by atoms with Crippen molar-refractivity contribution in [3.05, 3.63) is 35.4 Å². The summed E-state index contributed by atoms with van der Waals surface area (Å²) in [4.78, 5) is 11.7. The van der Waals surface area contributed by atoms with Gasteiger partial charge in [0.1, 0.15) is 5.60 Å². The molecule has 0 amide bonds. The highest BCUT2D eigenvalue weighted by Gasteiger charge is 2.57. The summed E-state index contributed by atoms with van der Waals surface area (Å²) in [6.07, 6.45) is -0.767. The predicted molar refractivity (Wildman–Crippen MR) is 77.5 cm³/mol. The zero-order chi connectivity index (χ0) is 16.6. The molecule has 0 spiro atoms. The van der Waals surface area contributed by atoms with Crippen LogP contribution in [0.15, 0.2) is 24.3 Å². The Labute approximate surface area is 128 Å². The SMILES string of the molecule is CC(C)(C)OC(=O)Cc1ccc(C2(C#N)CC(F)(F)C2)cc1. The third-order valence-corrected chi connectivity index (χ3v) is 3.61. The van der Waals surface area contributed by atoms with Crippen LogP contribution in [0, 0.1) is 11.3 Å². The maximum Gasteiger partial charge on any atom is 0.310 e. The van der Waals surface area contributed by atoms with Crippen LogP contribution in [0.25, 0.3) is 0 Å². The van der Waals surface area contributed by atoms with Crippen molar-refractivity contribution in [2.75, 3.05) is 0 Å². The van der Waals surface area contributed by atoms with E-state index in [4.69, 9.17) is 4.74 Å². The summed E-state index contributed by atoms with van der Waals surface area (Å²) >= 11 is 0. The van der Waals surface area contributed by atoms with E-state index >= 15 is 0 Å². The van der Waals surface area contributed by atoms with E-state index in [-0.39, 0.29) is 12.4 Å². The molecule has 0 heterocycles. The maximum absolute atomic E-state index is 13.1. The van der Waals surface area contributed by atoms with Crippen LogP contribution < -0.4 is 0 Å². The fourth-order valence-corrected chi connectivity index (χ4v) is 2.66. The van der Waals surface area contributed by atoms with Crippen molar-refractivity contribution < 1.29 is 18.3 Å². The van der Waals surface area contributed by atoms with Gasteiger partial charge in [0.25, 0.3) is 5.92 Å². The van der Waals surface area contributed by atoms with Crippen LogP contribution in [-0.2, 0) is 21.4 Å². The summed E-state index contributed by atoms with van der Waals surface area (Å²) in [5, 5.41) is 9.21. The minimum Gasteiger partial charge on any atom is -0.460 e. The molecule has 0 atom stereocenters. The van der Waals surface area contributed by atoms with E-state index in [1.165, 1.54) is 0 Å². The monoisotopic (exact) mass is 307 g/mol. The lowest BCUT2D eigenvalue weighted by Crippen LogP contribution is -2.48. The Morgan fingerprint density at radius 3 is 2.23 bits per heavy atom. The second kappa shape index (κ2) is 5.35. The second-order valence-electron chi connectivity index (χ2n) is 6.86. The van der Waals surface area contributed by atoms with E-state index in [0.717, 1.165) is 5.56 Å². The van der Waals surface area contributed by atoms with Crippen molar-refractivity contribution in [3.63, 3.8) is 0 Å². The first-order valence-electron chi connectivity index (χ1n) is 7.16. The van der Waals surface area contributed by atoms with Gasteiger partial charge in [-0.1, -0.05) is 24.3 Å². The fraction of sp³-hybridized carbons (Fsp3) is 0.529. The highest BCUT2D eigenvalue weighted by molar-refractivity contribution is 5.73. The molecule has 0 radical (unpaired) electrons. The zero-order valence-electron chi connectivity index (χ0n) is 13.0. The number of hydrogen-bond acceptors (Lipinski definition) is 3. The average molecular weight is 307 g/mol. The zero-order valence-corrected chi connectivity index (χ0v) is 13.0. The Morgan fingerprint density at radius 2 is 1.82 bits per heavy atom. The van der Waals surface area contributed by atoms with Crippen molar-refractivity contribution in [3.8, 4) is 6.07 Å². The van der Waals surface area contributed by atoms with Gasteiger partial charge in [-0.05, 0) is 31.9 Å². The van der Waals surface area contributed by atoms with Crippen LogP contribution in [0.5, 0.6) is 0 Å². The molecule has 1 saturated carbocycles. The number of esters is 1. The van der Waals surface area contributed by atoms with Crippen LogP contribution in [0.1, 0.15) is 44.7 Å². The molecule has 3 nitrogen and oxygen atoms in total. The molecule has 1 aromatic carbocycles. The minimum atomic E-state index is -2.76. The number of halogens is 2. The highest BCUT2D eigenvalue weighted by atomic mass is 19.3. The third-order valence-electron chi connectivity index (χ3n) is 3.61. The van der Waals surface area contributed by atoms with Crippen molar-refractivity contribution in [1.29, 1.82) is 5.26 Å². The molecular formula is C17H19F2NO2. The van der Waals surface area contributed by atoms with E-state index in [0.29, 0.717) is 5.56 Å². The van der Waals surface area contributed by atoms with Crippen molar-refractivity contribution in [1.82, 2.24) is 0 Å². The van der Waals surface area contributed by atoms with Gasteiger partial charge in [-0.2, -0.15) is 5.26 Å². The number of nitriles is 1. The van der Waals surface area contributed by atoms with Gasteiger partial charge in [-0.25, -0.2) is 8.78 Å². The molecule has 0 bridgehead atoms. The smallest absolute Gasteiger partial charge is 0.310 e. The molecule has 1 fully saturated rings. The summed E-state index contributed by atoms with van der Waals surface area (Å²) in [6, 6.07) is 8.69. The maximum atomic E-state index is 13.1. The van der Waals surface area contributed by atoms with E-state index < -0.39 is 29.8 Å². The van der Waals surface area contributed by atoms with Gasteiger partial charge in [0.15, 0.2) is 0 Å². The van der Waals surface area contributed by atoms with Crippen LogP contribution in [0.4, 0.5) is 8.78 Å². The molecule has 118 valence electrons. The Hall–Kier alpha value is -1.96. The molecule has 2 rings (SSSR count).